The van der Waals surface area contributed by atoms with Crippen LogP contribution in [0.15, 0.2) is 54.9 Å². The molecule has 2 aromatic carbocycles. The van der Waals surface area contributed by atoms with Gasteiger partial charge in [0.05, 0.1) is 4.92 Å². The summed E-state index contributed by atoms with van der Waals surface area (Å²) in [6.45, 7) is 2.28. The van der Waals surface area contributed by atoms with Crippen LogP contribution in [-0.4, -0.2) is 33.9 Å². The summed E-state index contributed by atoms with van der Waals surface area (Å²) in [6.07, 6.45) is 4.61. The van der Waals surface area contributed by atoms with Crippen molar-refractivity contribution in [1.29, 1.82) is 0 Å². The van der Waals surface area contributed by atoms with Crippen molar-refractivity contribution in [3.63, 3.8) is 0 Å². The maximum atomic E-state index is 13.5. The lowest BCUT2D eigenvalue weighted by Crippen LogP contribution is -2.26. The largest absolute Gasteiger partial charge is 0.380 e. The molecular weight excluding hydrogens is 347 g/mol. The molecule has 1 aromatic heterocycles. The molecule has 1 aliphatic heterocycles. The Bertz CT molecular complexity index is 989. The van der Waals surface area contributed by atoms with Gasteiger partial charge in [0.1, 0.15) is 0 Å². The first kappa shape index (κ1) is 17.4. The van der Waals surface area contributed by atoms with E-state index in [1.54, 1.807) is 12.3 Å². The molecular formula is C20H19FN4O2. The Kier molecular flexibility index (Phi) is 4.68. The van der Waals surface area contributed by atoms with Crippen LogP contribution in [0.5, 0.6) is 0 Å². The van der Waals surface area contributed by atoms with Crippen LogP contribution >= 0.6 is 0 Å². The SMILES string of the molecule is O=[N+]([O-])c1cc(CN2CCC(Nc3cccc4cnccc34)C2)ccc1F. The van der Waals surface area contributed by atoms with E-state index in [0.717, 1.165) is 41.5 Å². The van der Waals surface area contributed by atoms with Crippen LogP contribution in [0.2, 0.25) is 0 Å². The van der Waals surface area contributed by atoms with E-state index in [9.17, 15) is 14.5 Å². The number of rotatable bonds is 5. The van der Waals surface area contributed by atoms with Crippen molar-refractivity contribution in [1.82, 2.24) is 9.88 Å². The molecule has 0 saturated carbocycles. The van der Waals surface area contributed by atoms with E-state index in [0.29, 0.717) is 12.6 Å². The number of likely N-dealkylation sites (tertiary alicyclic amines) is 1. The molecule has 27 heavy (non-hydrogen) atoms. The number of nitrogens with one attached hydrogen (secondary N) is 1. The maximum Gasteiger partial charge on any atom is 0.305 e. The molecule has 1 saturated heterocycles. The molecule has 0 radical (unpaired) electrons. The molecule has 2 heterocycles. The van der Waals surface area contributed by atoms with E-state index in [1.807, 2.05) is 24.4 Å². The van der Waals surface area contributed by atoms with Gasteiger partial charge in [-0.2, -0.15) is 4.39 Å². The fraction of sp³-hybridized carbons (Fsp3) is 0.250. The third kappa shape index (κ3) is 3.73. The molecule has 0 amide bonds. The minimum absolute atomic E-state index is 0.291. The van der Waals surface area contributed by atoms with Crippen molar-refractivity contribution >= 4 is 22.1 Å². The van der Waals surface area contributed by atoms with Crippen molar-refractivity contribution in [2.75, 3.05) is 18.4 Å². The Labute approximate surface area is 155 Å². The van der Waals surface area contributed by atoms with E-state index < -0.39 is 16.4 Å². The topological polar surface area (TPSA) is 71.3 Å². The number of hydrogen-bond acceptors (Lipinski definition) is 5. The monoisotopic (exact) mass is 366 g/mol. The summed E-state index contributed by atoms with van der Waals surface area (Å²) >= 11 is 0. The molecule has 1 N–H and O–H groups in total. The number of pyridine rings is 1. The second kappa shape index (κ2) is 7.28. The summed E-state index contributed by atoms with van der Waals surface area (Å²) in [5.74, 6) is -0.796. The number of nitrogens with zero attached hydrogens (tertiary/aromatic N) is 3. The minimum Gasteiger partial charge on any atom is -0.380 e. The van der Waals surface area contributed by atoms with E-state index in [2.05, 4.69) is 21.3 Å². The highest BCUT2D eigenvalue weighted by atomic mass is 19.1. The zero-order chi connectivity index (χ0) is 18.8. The number of anilines is 1. The molecule has 1 fully saturated rings. The molecule has 1 aliphatic rings. The quantitative estimate of drug-likeness (QED) is 0.546. The molecule has 0 spiro atoms. The predicted octanol–water partition coefficient (Wildman–Crippen LogP) is 3.97. The summed E-state index contributed by atoms with van der Waals surface area (Å²) in [5.41, 5.74) is 1.37. The van der Waals surface area contributed by atoms with Crippen molar-refractivity contribution in [3.8, 4) is 0 Å². The molecule has 7 heteroatoms. The molecule has 4 rings (SSSR count). The second-order valence-electron chi connectivity index (χ2n) is 6.81. The summed E-state index contributed by atoms with van der Waals surface area (Å²) in [7, 11) is 0. The summed E-state index contributed by atoms with van der Waals surface area (Å²) < 4.78 is 13.5. The van der Waals surface area contributed by atoms with Gasteiger partial charge in [-0.3, -0.25) is 20.0 Å². The van der Waals surface area contributed by atoms with Crippen molar-refractivity contribution in [2.45, 2.75) is 19.0 Å². The number of hydrogen-bond donors (Lipinski definition) is 1. The number of aromatic nitrogens is 1. The van der Waals surface area contributed by atoms with Gasteiger partial charge in [-0.15, -0.1) is 0 Å². The van der Waals surface area contributed by atoms with Gasteiger partial charge in [-0.25, -0.2) is 0 Å². The Balaban J connectivity index is 1.43. The highest BCUT2D eigenvalue weighted by Crippen LogP contribution is 2.26. The van der Waals surface area contributed by atoms with Gasteiger partial charge in [0.25, 0.3) is 0 Å². The van der Waals surface area contributed by atoms with Gasteiger partial charge < -0.3 is 5.32 Å². The summed E-state index contributed by atoms with van der Waals surface area (Å²) in [6, 6.07) is 12.5. The zero-order valence-electron chi connectivity index (χ0n) is 14.6. The van der Waals surface area contributed by atoms with Crippen LogP contribution < -0.4 is 5.32 Å². The van der Waals surface area contributed by atoms with Crippen LogP contribution in [0, 0.1) is 15.9 Å². The van der Waals surface area contributed by atoms with Crippen molar-refractivity contribution in [3.05, 3.63) is 76.4 Å². The number of fused-ring (bicyclic) bond motifs is 1. The average Bonchev–Trinajstić information content (AvgIpc) is 3.10. The first-order valence-corrected chi connectivity index (χ1v) is 8.84. The standard InChI is InChI=1S/C20H19FN4O2/c21-18-5-4-14(10-20(18)25(26)27)12-24-9-7-16(13-24)23-19-3-1-2-15-11-22-8-6-17(15)19/h1-6,8,10-11,16,23H,7,9,12-13H2. The fourth-order valence-corrected chi connectivity index (χ4v) is 3.62. The number of nitro benzene ring substituents is 1. The fourth-order valence-electron chi connectivity index (χ4n) is 3.62. The van der Waals surface area contributed by atoms with Gasteiger partial charge >= 0.3 is 5.69 Å². The van der Waals surface area contributed by atoms with E-state index >= 15 is 0 Å². The molecule has 6 nitrogen and oxygen atoms in total. The van der Waals surface area contributed by atoms with Crippen LogP contribution in [0.25, 0.3) is 10.8 Å². The molecule has 0 bridgehead atoms. The average molecular weight is 366 g/mol. The molecule has 1 unspecified atom stereocenters. The molecule has 138 valence electrons. The first-order chi connectivity index (χ1) is 13.1. The Morgan fingerprint density at radius 3 is 3.04 bits per heavy atom. The second-order valence-corrected chi connectivity index (χ2v) is 6.81. The lowest BCUT2D eigenvalue weighted by Gasteiger charge is -2.18. The first-order valence-electron chi connectivity index (χ1n) is 8.84. The maximum absolute atomic E-state index is 13.5. The van der Waals surface area contributed by atoms with E-state index in [-0.39, 0.29) is 0 Å². The van der Waals surface area contributed by atoms with Gasteiger partial charge in [0, 0.05) is 60.6 Å². The Morgan fingerprint density at radius 2 is 2.19 bits per heavy atom. The van der Waals surface area contributed by atoms with Crippen LogP contribution in [-0.2, 0) is 6.54 Å². The highest BCUT2D eigenvalue weighted by molar-refractivity contribution is 5.93. The third-order valence-electron chi connectivity index (χ3n) is 4.93. The Morgan fingerprint density at radius 1 is 1.30 bits per heavy atom. The predicted molar refractivity (Wildman–Crippen MR) is 102 cm³/mol. The van der Waals surface area contributed by atoms with Gasteiger partial charge in [0.2, 0.25) is 5.82 Å². The molecule has 0 aliphatic carbocycles. The highest BCUT2D eigenvalue weighted by Gasteiger charge is 2.24. The molecule has 1 atom stereocenters. The summed E-state index contributed by atoms with van der Waals surface area (Å²) in [5, 5.41) is 16.7. The normalized spacial score (nSPS) is 17.3. The Hall–Kier alpha value is -3.06. The zero-order valence-corrected chi connectivity index (χ0v) is 14.6. The van der Waals surface area contributed by atoms with E-state index in [4.69, 9.17) is 0 Å². The number of halogens is 1. The third-order valence-corrected chi connectivity index (χ3v) is 4.93. The lowest BCUT2D eigenvalue weighted by molar-refractivity contribution is -0.387. The molecule has 3 aromatic rings. The number of benzene rings is 2. The number of nitro groups is 1. The van der Waals surface area contributed by atoms with Gasteiger partial charge in [-0.1, -0.05) is 18.2 Å². The van der Waals surface area contributed by atoms with E-state index in [1.165, 1.54) is 12.1 Å². The van der Waals surface area contributed by atoms with Crippen LogP contribution in [0.3, 0.4) is 0 Å². The minimum atomic E-state index is -0.796. The van der Waals surface area contributed by atoms with Gasteiger partial charge in [-0.05, 0) is 30.2 Å². The lowest BCUT2D eigenvalue weighted by atomic mass is 10.1. The smallest absolute Gasteiger partial charge is 0.305 e. The van der Waals surface area contributed by atoms with Crippen LogP contribution in [0.4, 0.5) is 15.8 Å². The van der Waals surface area contributed by atoms with Gasteiger partial charge in [0.15, 0.2) is 0 Å². The van der Waals surface area contributed by atoms with Crippen LogP contribution in [0.1, 0.15) is 12.0 Å². The van der Waals surface area contributed by atoms with Crippen molar-refractivity contribution < 1.29 is 9.31 Å². The summed E-state index contributed by atoms with van der Waals surface area (Å²) in [4.78, 5) is 16.6. The van der Waals surface area contributed by atoms with Crippen molar-refractivity contribution in [2.24, 2.45) is 0 Å².